The van der Waals surface area contributed by atoms with Crippen LogP contribution >= 0.6 is 22.6 Å². The van der Waals surface area contributed by atoms with Gasteiger partial charge >= 0.3 is 0 Å². The Hall–Kier alpha value is -1.93. The average molecular weight is 438 g/mol. The van der Waals surface area contributed by atoms with Gasteiger partial charge in [0.2, 0.25) is 5.91 Å². The van der Waals surface area contributed by atoms with Crippen LogP contribution in [0.15, 0.2) is 54.6 Å². The van der Waals surface area contributed by atoms with Gasteiger partial charge in [-0.1, -0.05) is 48.5 Å². The molecule has 0 aliphatic carbocycles. The third kappa shape index (κ3) is 4.78. The summed E-state index contributed by atoms with van der Waals surface area (Å²) in [5.74, 6) is -0.968. The molecule has 0 spiro atoms. The molecule has 0 aliphatic heterocycles. The second-order valence-corrected chi connectivity index (χ2v) is 6.45. The number of nitrogens with one attached hydrogen (secondary N) is 1. The maximum atomic E-state index is 12.5. The van der Waals surface area contributed by atoms with Gasteiger partial charge < -0.3 is 15.8 Å². The summed E-state index contributed by atoms with van der Waals surface area (Å²) in [5, 5.41) is 2.70. The van der Waals surface area contributed by atoms with Crippen LogP contribution in [-0.2, 0) is 20.7 Å². The fourth-order valence-electron chi connectivity index (χ4n) is 2.38. The highest BCUT2D eigenvalue weighted by atomic mass is 127. The summed E-state index contributed by atoms with van der Waals surface area (Å²) < 4.78 is 6.30. The van der Waals surface area contributed by atoms with Crippen molar-refractivity contribution in [3.8, 4) is 0 Å². The van der Waals surface area contributed by atoms with E-state index in [2.05, 4.69) is 27.9 Å². The monoisotopic (exact) mass is 438 g/mol. The van der Waals surface area contributed by atoms with E-state index in [0.29, 0.717) is 6.42 Å². The van der Waals surface area contributed by atoms with E-state index in [-0.39, 0.29) is 0 Å². The second kappa shape index (κ2) is 8.79. The van der Waals surface area contributed by atoms with Gasteiger partial charge in [-0.25, -0.2) is 0 Å². The van der Waals surface area contributed by atoms with Crippen LogP contribution in [0.2, 0.25) is 0 Å². The fourth-order valence-corrected chi connectivity index (χ4v) is 2.98. The number of halogens is 1. The topological polar surface area (TPSA) is 81.4 Å². The normalized spacial score (nSPS) is 13.1. The van der Waals surface area contributed by atoms with E-state index in [1.54, 1.807) is 12.1 Å². The largest absolute Gasteiger partial charge is 0.368 e. The maximum Gasteiger partial charge on any atom is 0.254 e. The Bertz CT molecular complexity index is 706. The standard InChI is InChI=1S/C18H19IN2O3/c1-24-16(12-7-3-2-4-8-12)18(23)21-15(17(20)22)11-13-9-5-6-10-14(13)19/h2-10,15-16H,11H2,1H3,(H2,20,22)(H,21,23)/t15-,16-/m0/s1. The third-order valence-corrected chi connectivity index (χ3v) is 4.67. The molecule has 6 heteroatoms. The van der Waals surface area contributed by atoms with E-state index in [9.17, 15) is 9.59 Å². The highest BCUT2D eigenvalue weighted by molar-refractivity contribution is 14.1. The van der Waals surface area contributed by atoms with E-state index < -0.39 is 24.0 Å². The Labute approximate surface area is 154 Å². The van der Waals surface area contributed by atoms with Crippen molar-refractivity contribution in [2.24, 2.45) is 5.73 Å². The van der Waals surface area contributed by atoms with Crippen LogP contribution in [0.4, 0.5) is 0 Å². The first-order valence-electron chi connectivity index (χ1n) is 7.43. The van der Waals surface area contributed by atoms with Crippen molar-refractivity contribution in [1.29, 1.82) is 0 Å². The first-order chi connectivity index (χ1) is 11.5. The zero-order chi connectivity index (χ0) is 17.5. The van der Waals surface area contributed by atoms with E-state index in [1.807, 2.05) is 42.5 Å². The van der Waals surface area contributed by atoms with Crippen molar-refractivity contribution in [2.75, 3.05) is 7.11 Å². The van der Waals surface area contributed by atoms with Gasteiger partial charge in [-0.15, -0.1) is 0 Å². The molecule has 3 N–H and O–H groups in total. The molecule has 0 saturated carbocycles. The summed E-state index contributed by atoms with van der Waals surface area (Å²) in [7, 11) is 1.46. The summed E-state index contributed by atoms with van der Waals surface area (Å²) in [4.78, 5) is 24.3. The van der Waals surface area contributed by atoms with Gasteiger partial charge in [0, 0.05) is 17.1 Å². The van der Waals surface area contributed by atoms with Crippen LogP contribution < -0.4 is 11.1 Å². The summed E-state index contributed by atoms with van der Waals surface area (Å²) >= 11 is 2.19. The van der Waals surface area contributed by atoms with Gasteiger partial charge in [0.05, 0.1) is 0 Å². The van der Waals surface area contributed by atoms with E-state index in [4.69, 9.17) is 10.5 Å². The fraction of sp³-hybridized carbons (Fsp3) is 0.222. The number of ether oxygens (including phenoxy) is 1. The molecule has 0 aromatic heterocycles. The van der Waals surface area contributed by atoms with Crippen LogP contribution in [0.3, 0.4) is 0 Å². The molecule has 2 rings (SSSR count). The molecular formula is C18H19IN2O3. The summed E-state index contributed by atoms with van der Waals surface area (Å²) in [5.41, 5.74) is 7.14. The Morgan fingerprint density at radius 3 is 2.33 bits per heavy atom. The first kappa shape index (κ1) is 18.4. The van der Waals surface area contributed by atoms with E-state index in [1.165, 1.54) is 7.11 Å². The molecule has 2 aromatic carbocycles. The van der Waals surface area contributed by atoms with Crippen molar-refractivity contribution in [3.63, 3.8) is 0 Å². The lowest BCUT2D eigenvalue weighted by Gasteiger charge is -2.21. The zero-order valence-corrected chi connectivity index (χ0v) is 15.4. The lowest BCUT2D eigenvalue weighted by Crippen LogP contribution is -2.47. The van der Waals surface area contributed by atoms with Crippen LogP contribution in [-0.4, -0.2) is 25.0 Å². The Morgan fingerprint density at radius 1 is 1.12 bits per heavy atom. The number of methoxy groups -OCH3 is 1. The van der Waals surface area contributed by atoms with Gasteiger partial charge in [-0.2, -0.15) is 0 Å². The van der Waals surface area contributed by atoms with Crippen molar-refractivity contribution < 1.29 is 14.3 Å². The number of nitrogens with two attached hydrogens (primary N) is 1. The van der Waals surface area contributed by atoms with Crippen molar-refractivity contribution in [3.05, 3.63) is 69.3 Å². The van der Waals surface area contributed by atoms with Crippen molar-refractivity contribution in [2.45, 2.75) is 18.6 Å². The highest BCUT2D eigenvalue weighted by Gasteiger charge is 2.25. The minimum Gasteiger partial charge on any atom is -0.368 e. The number of hydrogen-bond acceptors (Lipinski definition) is 3. The summed E-state index contributed by atoms with van der Waals surface area (Å²) in [6.45, 7) is 0. The number of amides is 2. The molecule has 0 radical (unpaired) electrons. The number of carbonyl (C=O) groups is 2. The number of rotatable bonds is 7. The first-order valence-corrected chi connectivity index (χ1v) is 8.51. The molecule has 2 amide bonds. The molecule has 2 atom stereocenters. The molecule has 0 saturated heterocycles. The molecule has 0 fully saturated rings. The van der Waals surface area contributed by atoms with Crippen LogP contribution in [0.5, 0.6) is 0 Å². The SMILES string of the molecule is CO[C@H](C(=O)N[C@@H](Cc1ccccc1I)C(N)=O)c1ccccc1. The van der Waals surface area contributed by atoms with Gasteiger partial charge in [0.15, 0.2) is 6.10 Å². The highest BCUT2D eigenvalue weighted by Crippen LogP contribution is 2.18. The molecule has 0 unspecified atom stereocenters. The maximum absolute atomic E-state index is 12.5. The second-order valence-electron chi connectivity index (χ2n) is 5.29. The number of carbonyl (C=O) groups excluding carboxylic acids is 2. The lowest BCUT2D eigenvalue weighted by atomic mass is 10.0. The number of hydrogen-bond donors (Lipinski definition) is 2. The molecular weight excluding hydrogens is 419 g/mol. The van der Waals surface area contributed by atoms with Gasteiger partial charge in [-0.05, 0) is 39.8 Å². The van der Waals surface area contributed by atoms with Gasteiger partial charge in [-0.3, -0.25) is 9.59 Å². The summed E-state index contributed by atoms with van der Waals surface area (Å²) in [6.07, 6.45) is -0.450. The van der Waals surface area contributed by atoms with Crippen LogP contribution in [0, 0.1) is 3.57 Å². The predicted molar refractivity (Wildman–Crippen MR) is 100 cm³/mol. The van der Waals surface area contributed by atoms with Crippen LogP contribution in [0.1, 0.15) is 17.2 Å². The Morgan fingerprint density at radius 2 is 1.75 bits per heavy atom. The van der Waals surface area contributed by atoms with Gasteiger partial charge in [0.25, 0.3) is 5.91 Å². The van der Waals surface area contributed by atoms with Gasteiger partial charge in [0.1, 0.15) is 6.04 Å². The molecule has 0 aliphatic rings. The van der Waals surface area contributed by atoms with Crippen molar-refractivity contribution >= 4 is 34.4 Å². The van der Waals surface area contributed by atoms with E-state index >= 15 is 0 Å². The predicted octanol–water partition coefficient (Wildman–Crippen LogP) is 2.19. The molecule has 0 bridgehead atoms. The van der Waals surface area contributed by atoms with Crippen LogP contribution in [0.25, 0.3) is 0 Å². The third-order valence-electron chi connectivity index (χ3n) is 3.62. The number of benzene rings is 2. The molecule has 2 aromatic rings. The summed E-state index contributed by atoms with van der Waals surface area (Å²) in [6, 6.07) is 16.0. The lowest BCUT2D eigenvalue weighted by molar-refractivity contribution is -0.134. The zero-order valence-electron chi connectivity index (χ0n) is 13.2. The smallest absolute Gasteiger partial charge is 0.254 e. The minimum atomic E-state index is -0.797. The molecule has 126 valence electrons. The Balaban J connectivity index is 2.13. The molecule has 24 heavy (non-hydrogen) atoms. The quantitative estimate of drug-likeness (QED) is 0.651. The molecule has 0 heterocycles. The minimum absolute atomic E-state index is 0.339. The number of primary amides is 1. The van der Waals surface area contributed by atoms with E-state index in [0.717, 1.165) is 14.7 Å². The van der Waals surface area contributed by atoms with Crippen molar-refractivity contribution in [1.82, 2.24) is 5.32 Å². The average Bonchev–Trinajstić information content (AvgIpc) is 2.57. The molecule has 5 nitrogen and oxygen atoms in total. The Kier molecular flexibility index (Phi) is 6.74.